The quantitative estimate of drug-likeness (QED) is 0.831. The number of carbonyl (C=O) groups is 2. The highest BCUT2D eigenvalue weighted by Crippen LogP contribution is 2.16. The zero-order chi connectivity index (χ0) is 15.3. The van der Waals surface area contributed by atoms with E-state index in [4.69, 9.17) is 0 Å². The lowest BCUT2D eigenvalue weighted by molar-refractivity contribution is -0.324. The van der Waals surface area contributed by atoms with Crippen molar-refractivity contribution in [3.05, 3.63) is 0 Å². The fourth-order valence-corrected chi connectivity index (χ4v) is 2.02. The van der Waals surface area contributed by atoms with Gasteiger partial charge in [-0.05, 0) is 12.3 Å². The molecule has 0 saturated carbocycles. The molecular weight excluding hydrogens is 277 g/mol. The third-order valence-corrected chi connectivity index (χ3v) is 2.89. The van der Waals surface area contributed by atoms with Crippen LogP contribution >= 0.6 is 0 Å². The third kappa shape index (κ3) is 5.77. The monoisotopic (exact) mass is 296 g/mol. The first-order valence-electron chi connectivity index (χ1n) is 6.48. The molecule has 1 aliphatic heterocycles. The molecule has 0 spiro atoms. The summed E-state index contributed by atoms with van der Waals surface area (Å²) in [5.74, 6) is -0.422. The number of hydrogen-bond donors (Lipinski definition) is 1. The molecule has 1 saturated heterocycles. The summed E-state index contributed by atoms with van der Waals surface area (Å²) in [5.41, 5.74) is 0. The second-order valence-electron chi connectivity index (χ2n) is 5.12. The number of nitrogens with zero attached hydrogens (tertiary/aromatic N) is 1. The second-order valence-corrected chi connectivity index (χ2v) is 5.12. The van der Waals surface area contributed by atoms with E-state index in [1.54, 1.807) is 0 Å². The highest BCUT2D eigenvalue weighted by molar-refractivity contribution is 5.89. The van der Waals surface area contributed by atoms with E-state index in [9.17, 15) is 22.8 Å². The highest BCUT2D eigenvalue weighted by Gasteiger charge is 2.32. The molecule has 116 valence electrons. The molecule has 8 heteroatoms. The minimum Gasteiger partial charge on any atom is -0.344 e. The minimum absolute atomic E-state index is 0.0896. The summed E-state index contributed by atoms with van der Waals surface area (Å²) in [4.78, 5) is 24.9. The van der Waals surface area contributed by atoms with E-state index in [1.807, 2.05) is 13.8 Å². The molecule has 1 N–H and O–H groups in total. The Labute approximate surface area is 115 Å². The van der Waals surface area contributed by atoms with Crippen molar-refractivity contribution in [2.45, 2.75) is 39.1 Å². The number of halogens is 3. The van der Waals surface area contributed by atoms with Crippen molar-refractivity contribution in [1.29, 1.82) is 0 Å². The molecule has 1 fully saturated rings. The Morgan fingerprint density at radius 2 is 2.05 bits per heavy atom. The van der Waals surface area contributed by atoms with Crippen molar-refractivity contribution in [2.24, 2.45) is 5.92 Å². The van der Waals surface area contributed by atoms with Crippen molar-refractivity contribution >= 4 is 11.8 Å². The lowest BCUT2D eigenvalue weighted by Crippen LogP contribution is -2.46. The van der Waals surface area contributed by atoms with Gasteiger partial charge in [-0.15, -0.1) is 13.2 Å². The van der Waals surface area contributed by atoms with Crippen LogP contribution < -0.4 is 5.32 Å². The Kier molecular flexibility index (Phi) is 5.79. The molecule has 0 radical (unpaired) electrons. The second kappa shape index (κ2) is 6.92. The average molecular weight is 296 g/mol. The van der Waals surface area contributed by atoms with Crippen LogP contribution in [0.3, 0.4) is 0 Å². The molecule has 1 atom stereocenters. The molecule has 20 heavy (non-hydrogen) atoms. The fourth-order valence-electron chi connectivity index (χ4n) is 2.02. The van der Waals surface area contributed by atoms with Gasteiger partial charge in [0.05, 0.1) is 6.61 Å². The van der Waals surface area contributed by atoms with Crippen LogP contribution in [0, 0.1) is 5.92 Å². The van der Waals surface area contributed by atoms with Gasteiger partial charge < -0.3 is 10.2 Å². The molecule has 1 rings (SSSR count). The lowest BCUT2D eigenvalue weighted by atomic mass is 10.0. The fraction of sp³-hybridized carbons (Fsp3) is 0.833. The maximum absolute atomic E-state index is 12.2. The van der Waals surface area contributed by atoms with Gasteiger partial charge in [0, 0.05) is 19.5 Å². The topological polar surface area (TPSA) is 58.6 Å². The summed E-state index contributed by atoms with van der Waals surface area (Å²) in [6.07, 6.45) is -4.16. The van der Waals surface area contributed by atoms with Gasteiger partial charge in [0.2, 0.25) is 11.8 Å². The van der Waals surface area contributed by atoms with Crippen LogP contribution in [0.5, 0.6) is 0 Å². The van der Waals surface area contributed by atoms with Crippen LogP contribution in [-0.2, 0) is 14.3 Å². The molecular formula is C12H19F3N2O3. The predicted octanol–water partition coefficient (Wildman–Crippen LogP) is 1.29. The van der Waals surface area contributed by atoms with Crippen LogP contribution in [0.25, 0.3) is 0 Å². The number of hydrogen-bond acceptors (Lipinski definition) is 3. The number of carbonyl (C=O) groups excluding carboxylic acids is 2. The van der Waals surface area contributed by atoms with Crippen molar-refractivity contribution in [3.8, 4) is 0 Å². The number of rotatable bonds is 5. The zero-order valence-corrected chi connectivity index (χ0v) is 11.5. The van der Waals surface area contributed by atoms with Gasteiger partial charge >= 0.3 is 6.36 Å². The predicted molar refractivity (Wildman–Crippen MR) is 64.6 cm³/mol. The normalized spacial score (nSPS) is 21.1. The van der Waals surface area contributed by atoms with E-state index >= 15 is 0 Å². The van der Waals surface area contributed by atoms with Gasteiger partial charge in [-0.2, -0.15) is 0 Å². The molecule has 0 aliphatic carbocycles. The average Bonchev–Trinajstić information content (AvgIpc) is 2.40. The van der Waals surface area contributed by atoms with Gasteiger partial charge in [-0.1, -0.05) is 13.8 Å². The van der Waals surface area contributed by atoms with E-state index in [-0.39, 0.29) is 37.2 Å². The summed E-state index contributed by atoms with van der Waals surface area (Å²) >= 11 is 0. The molecule has 5 nitrogen and oxygen atoms in total. The minimum atomic E-state index is -4.71. The smallest absolute Gasteiger partial charge is 0.344 e. The summed E-state index contributed by atoms with van der Waals surface area (Å²) in [6, 6.07) is -0.670. The number of nitrogens with one attached hydrogen (secondary N) is 1. The van der Waals surface area contributed by atoms with Crippen molar-refractivity contribution in [1.82, 2.24) is 10.2 Å². The van der Waals surface area contributed by atoms with Crippen LogP contribution in [0.15, 0.2) is 0 Å². The Morgan fingerprint density at radius 3 is 2.60 bits per heavy atom. The van der Waals surface area contributed by atoms with Crippen LogP contribution in [0.2, 0.25) is 0 Å². The Morgan fingerprint density at radius 1 is 1.40 bits per heavy atom. The Hall–Kier alpha value is -1.31. The SMILES string of the molecule is CC(C)CC1NC(=O)CCN(CCOC(F)(F)F)C1=O. The maximum Gasteiger partial charge on any atom is 0.522 e. The highest BCUT2D eigenvalue weighted by atomic mass is 19.4. The zero-order valence-electron chi connectivity index (χ0n) is 11.5. The largest absolute Gasteiger partial charge is 0.522 e. The summed E-state index contributed by atoms with van der Waals surface area (Å²) in [5, 5.41) is 2.60. The van der Waals surface area contributed by atoms with Gasteiger partial charge in [0.1, 0.15) is 6.04 Å². The molecule has 0 aromatic rings. The summed E-state index contributed by atoms with van der Waals surface area (Å²) in [6.45, 7) is 3.11. The van der Waals surface area contributed by atoms with E-state index in [0.29, 0.717) is 6.42 Å². The maximum atomic E-state index is 12.2. The first kappa shape index (κ1) is 16.7. The van der Waals surface area contributed by atoms with Gasteiger partial charge in [0.15, 0.2) is 0 Å². The molecule has 2 amide bonds. The number of ether oxygens (including phenoxy) is 1. The third-order valence-electron chi connectivity index (χ3n) is 2.89. The lowest BCUT2D eigenvalue weighted by Gasteiger charge is -2.25. The van der Waals surface area contributed by atoms with Crippen molar-refractivity contribution < 1.29 is 27.5 Å². The molecule has 1 unspecified atom stereocenters. The molecule has 0 aromatic heterocycles. The number of alkyl halides is 3. The molecule has 0 bridgehead atoms. The first-order chi connectivity index (χ1) is 9.19. The van der Waals surface area contributed by atoms with E-state index in [2.05, 4.69) is 10.1 Å². The van der Waals surface area contributed by atoms with Crippen LogP contribution in [-0.4, -0.2) is 48.8 Å². The van der Waals surface area contributed by atoms with Gasteiger partial charge in [-0.3, -0.25) is 14.3 Å². The van der Waals surface area contributed by atoms with Gasteiger partial charge in [0.25, 0.3) is 0 Å². The van der Waals surface area contributed by atoms with Crippen molar-refractivity contribution in [3.63, 3.8) is 0 Å². The van der Waals surface area contributed by atoms with Crippen LogP contribution in [0.4, 0.5) is 13.2 Å². The molecule has 1 aliphatic rings. The Bertz CT molecular complexity index is 358. The van der Waals surface area contributed by atoms with E-state index < -0.39 is 19.0 Å². The van der Waals surface area contributed by atoms with E-state index in [0.717, 1.165) is 0 Å². The standard InChI is InChI=1S/C12H19F3N2O3/c1-8(2)7-9-11(19)17(4-3-10(18)16-9)5-6-20-12(13,14)15/h8-9H,3-7H2,1-2H3,(H,16,18). The van der Waals surface area contributed by atoms with Gasteiger partial charge in [-0.25, -0.2) is 0 Å². The van der Waals surface area contributed by atoms with Crippen LogP contribution in [0.1, 0.15) is 26.7 Å². The molecule has 1 heterocycles. The molecule has 0 aromatic carbocycles. The van der Waals surface area contributed by atoms with E-state index in [1.165, 1.54) is 4.90 Å². The number of amides is 2. The summed E-state index contributed by atoms with van der Waals surface area (Å²) < 4.78 is 39.4. The first-order valence-corrected chi connectivity index (χ1v) is 6.48. The Balaban J connectivity index is 2.60. The van der Waals surface area contributed by atoms with Crippen molar-refractivity contribution in [2.75, 3.05) is 19.7 Å². The summed E-state index contributed by atoms with van der Waals surface area (Å²) in [7, 11) is 0.